The van der Waals surface area contributed by atoms with Crippen molar-refractivity contribution in [3.63, 3.8) is 0 Å². The Kier molecular flexibility index (Phi) is 6.96. The van der Waals surface area contributed by atoms with Gasteiger partial charge in [-0.3, -0.25) is 14.5 Å². The van der Waals surface area contributed by atoms with Crippen LogP contribution in [0.3, 0.4) is 0 Å². The number of amides is 2. The van der Waals surface area contributed by atoms with Crippen LogP contribution in [0.4, 0.5) is 5.69 Å². The number of nitrogens with one attached hydrogen (secondary N) is 1. The van der Waals surface area contributed by atoms with Gasteiger partial charge in [-0.2, -0.15) is 0 Å². The van der Waals surface area contributed by atoms with Gasteiger partial charge in [-0.25, -0.2) is 0 Å². The van der Waals surface area contributed by atoms with Crippen molar-refractivity contribution in [1.29, 1.82) is 0 Å². The fourth-order valence-electron chi connectivity index (χ4n) is 3.24. The van der Waals surface area contributed by atoms with Gasteiger partial charge in [-0.05, 0) is 45.9 Å². The lowest BCUT2D eigenvalue weighted by Crippen LogP contribution is -2.48. The number of benzene rings is 1. The van der Waals surface area contributed by atoms with Crippen molar-refractivity contribution >= 4 is 17.5 Å². The molecule has 0 aromatic heterocycles. The molecule has 1 fully saturated rings. The van der Waals surface area contributed by atoms with E-state index in [4.69, 9.17) is 4.74 Å². The fourth-order valence-corrected chi connectivity index (χ4v) is 3.24. The van der Waals surface area contributed by atoms with E-state index in [1.54, 1.807) is 23.1 Å². The number of rotatable bonds is 6. The second kappa shape index (κ2) is 8.97. The molecule has 6 nitrogen and oxygen atoms in total. The topological polar surface area (TPSA) is 61.9 Å². The molecular formula is C19H29N3O3. The van der Waals surface area contributed by atoms with Gasteiger partial charge in [0.25, 0.3) is 5.91 Å². The molecule has 2 amide bonds. The number of anilines is 1. The Hall–Kier alpha value is -1.92. The zero-order valence-corrected chi connectivity index (χ0v) is 15.6. The van der Waals surface area contributed by atoms with Crippen molar-refractivity contribution in [2.24, 2.45) is 0 Å². The predicted molar refractivity (Wildman–Crippen MR) is 98.8 cm³/mol. The van der Waals surface area contributed by atoms with Crippen molar-refractivity contribution in [2.75, 3.05) is 38.0 Å². The molecule has 1 aliphatic rings. The SMILES string of the molecule is CCN(CC)C(=O)c1cccc(NC(=O)CN2C[C@H](C)O[C@@H](C)C2)c1. The van der Waals surface area contributed by atoms with E-state index >= 15 is 0 Å². The smallest absolute Gasteiger partial charge is 0.253 e. The highest BCUT2D eigenvalue weighted by Gasteiger charge is 2.23. The van der Waals surface area contributed by atoms with E-state index in [0.29, 0.717) is 30.9 Å². The summed E-state index contributed by atoms with van der Waals surface area (Å²) in [4.78, 5) is 28.6. The second-order valence-electron chi connectivity index (χ2n) is 6.56. The summed E-state index contributed by atoms with van der Waals surface area (Å²) in [5.41, 5.74) is 1.24. The summed E-state index contributed by atoms with van der Waals surface area (Å²) >= 11 is 0. The number of ether oxygens (including phenoxy) is 1. The van der Waals surface area contributed by atoms with Crippen LogP contribution >= 0.6 is 0 Å². The zero-order chi connectivity index (χ0) is 18.4. The first kappa shape index (κ1) is 19.4. The van der Waals surface area contributed by atoms with E-state index in [-0.39, 0.29) is 24.0 Å². The zero-order valence-electron chi connectivity index (χ0n) is 15.6. The summed E-state index contributed by atoms with van der Waals surface area (Å²) in [6, 6.07) is 7.12. The monoisotopic (exact) mass is 347 g/mol. The lowest BCUT2D eigenvalue weighted by molar-refractivity contribution is -0.121. The van der Waals surface area contributed by atoms with Crippen LogP contribution in [-0.4, -0.2) is 66.5 Å². The molecule has 0 saturated carbocycles. The maximum absolute atomic E-state index is 12.4. The van der Waals surface area contributed by atoms with Gasteiger partial charge in [-0.1, -0.05) is 6.07 Å². The lowest BCUT2D eigenvalue weighted by atomic mass is 10.1. The van der Waals surface area contributed by atoms with Crippen LogP contribution in [0.5, 0.6) is 0 Å². The second-order valence-corrected chi connectivity index (χ2v) is 6.56. The first-order chi connectivity index (χ1) is 11.9. The molecule has 138 valence electrons. The summed E-state index contributed by atoms with van der Waals surface area (Å²) in [6.07, 6.45) is 0.262. The summed E-state index contributed by atoms with van der Waals surface area (Å²) in [6.45, 7) is 11.1. The molecule has 0 bridgehead atoms. The van der Waals surface area contributed by atoms with Crippen LogP contribution in [0, 0.1) is 0 Å². The average molecular weight is 347 g/mol. The van der Waals surface area contributed by atoms with Crippen LogP contribution in [0.15, 0.2) is 24.3 Å². The quantitative estimate of drug-likeness (QED) is 0.857. The van der Waals surface area contributed by atoms with Gasteiger partial charge >= 0.3 is 0 Å². The van der Waals surface area contributed by atoms with Gasteiger partial charge in [-0.15, -0.1) is 0 Å². The van der Waals surface area contributed by atoms with Crippen molar-refractivity contribution in [2.45, 2.75) is 39.9 Å². The molecule has 1 heterocycles. The number of morpholine rings is 1. The van der Waals surface area contributed by atoms with E-state index < -0.39 is 0 Å². The third-order valence-electron chi connectivity index (χ3n) is 4.31. The number of carbonyl (C=O) groups excluding carboxylic acids is 2. The Balaban J connectivity index is 1.97. The summed E-state index contributed by atoms with van der Waals surface area (Å²) in [5.74, 6) is -0.0920. The van der Waals surface area contributed by atoms with Crippen LogP contribution in [-0.2, 0) is 9.53 Å². The van der Waals surface area contributed by atoms with Crippen LogP contribution in [0.2, 0.25) is 0 Å². The molecule has 1 saturated heterocycles. The Labute approximate surface area is 150 Å². The first-order valence-electron chi connectivity index (χ1n) is 8.99. The van der Waals surface area contributed by atoms with Crippen molar-refractivity contribution < 1.29 is 14.3 Å². The third kappa shape index (κ3) is 5.54. The summed E-state index contributed by atoms with van der Waals surface area (Å²) in [7, 11) is 0. The molecule has 1 N–H and O–H groups in total. The number of nitrogens with zero attached hydrogens (tertiary/aromatic N) is 2. The molecule has 2 atom stereocenters. The molecule has 2 rings (SSSR count). The third-order valence-corrected chi connectivity index (χ3v) is 4.31. The van der Waals surface area contributed by atoms with Gasteiger partial charge in [0.15, 0.2) is 0 Å². The minimum Gasteiger partial charge on any atom is -0.373 e. The minimum absolute atomic E-state index is 0.0167. The van der Waals surface area contributed by atoms with Gasteiger partial charge in [0.05, 0.1) is 18.8 Å². The average Bonchev–Trinajstić information content (AvgIpc) is 2.55. The predicted octanol–water partition coefficient (Wildman–Crippen LogP) is 2.22. The van der Waals surface area contributed by atoms with E-state index in [1.807, 2.05) is 33.8 Å². The van der Waals surface area contributed by atoms with Crippen LogP contribution < -0.4 is 5.32 Å². The Bertz CT molecular complexity index is 591. The van der Waals surface area contributed by atoms with Crippen LogP contribution in [0.1, 0.15) is 38.1 Å². The van der Waals surface area contributed by atoms with Crippen LogP contribution in [0.25, 0.3) is 0 Å². The molecule has 0 unspecified atom stereocenters. The van der Waals surface area contributed by atoms with Gasteiger partial charge in [0.1, 0.15) is 0 Å². The van der Waals surface area contributed by atoms with E-state index in [0.717, 1.165) is 13.1 Å². The molecule has 0 spiro atoms. The Morgan fingerprint density at radius 3 is 2.44 bits per heavy atom. The molecule has 0 aliphatic carbocycles. The maximum atomic E-state index is 12.4. The highest BCUT2D eigenvalue weighted by Crippen LogP contribution is 2.14. The van der Waals surface area contributed by atoms with Crippen molar-refractivity contribution in [3.8, 4) is 0 Å². The number of carbonyl (C=O) groups is 2. The Morgan fingerprint density at radius 2 is 1.84 bits per heavy atom. The minimum atomic E-state index is -0.0752. The molecule has 1 aromatic carbocycles. The van der Waals surface area contributed by atoms with Gasteiger partial charge < -0.3 is 15.0 Å². The summed E-state index contributed by atoms with van der Waals surface area (Å²) < 4.78 is 5.69. The molecule has 0 radical (unpaired) electrons. The van der Waals surface area contributed by atoms with Gasteiger partial charge in [0.2, 0.25) is 5.91 Å². The Morgan fingerprint density at radius 1 is 1.20 bits per heavy atom. The standard InChI is InChI=1S/C19H29N3O3/c1-5-22(6-2)19(24)16-8-7-9-17(10-16)20-18(23)13-21-11-14(3)25-15(4)12-21/h7-10,14-15H,5-6,11-13H2,1-4H3,(H,20,23)/t14-,15-/m0/s1. The molecular weight excluding hydrogens is 318 g/mol. The van der Waals surface area contributed by atoms with Crippen molar-refractivity contribution in [1.82, 2.24) is 9.80 Å². The molecule has 6 heteroatoms. The first-order valence-corrected chi connectivity index (χ1v) is 8.99. The fraction of sp³-hybridized carbons (Fsp3) is 0.579. The number of hydrogen-bond donors (Lipinski definition) is 1. The summed E-state index contributed by atoms with van der Waals surface area (Å²) in [5, 5.41) is 2.90. The molecule has 1 aromatic rings. The van der Waals surface area contributed by atoms with Crippen molar-refractivity contribution in [3.05, 3.63) is 29.8 Å². The lowest BCUT2D eigenvalue weighted by Gasteiger charge is -2.34. The highest BCUT2D eigenvalue weighted by molar-refractivity contribution is 5.97. The normalized spacial score (nSPS) is 21.0. The highest BCUT2D eigenvalue weighted by atomic mass is 16.5. The van der Waals surface area contributed by atoms with E-state index in [9.17, 15) is 9.59 Å². The maximum Gasteiger partial charge on any atom is 0.253 e. The number of hydrogen-bond acceptors (Lipinski definition) is 4. The van der Waals surface area contributed by atoms with Gasteiger partial charge in [0, 0.05) is 37.4 Å². The van der Waals surface area contributed by atoms with E-state index in [2.05, 4.69) is 10.2 Å². The molecule has 1 aliphatic heterocycles. The largest absolute Gasteiger partial charge is 0.373 e. The van der Waals surface area contributed by atoms with E-state index in [1.165, 1.54) is 0 Å². The molecule has 25 heavy (non-hydrogen) atoms.